The zero-order chi connectivity index (χ0) is 14.1. The van der Waals surface area contributed by atoms with Gasteiger partial charge in [0.25, 0.3) is 0 Å². The highest BCUT2D eigenvalue weighted by Gasteiger charge is 2.10. The lowest BCUT2D eigenvalue weighted by Gasteiger charge is -2.08. The van der Waals surface area contributed by atoms with E-state index in [0.717, 1.165) is 22.9 Å². The van der Waals surface area contributed by atoms with Gasteiger partial charge < -0.3 is 0 Å². The van der Waals surface area contributed by atoms with Gasteiger partial charge in [0.15, 0.2) is 5.82 Å². The van der Waals surface area contributed by atoms with Gasteiger partial charge in [-0.25, -0.2) is 9.97 Å². The van der Waals surface area contributed by atoms with Gasteiger partial charge in [0, 0.05) is 16.0 Å². The number of hydrogen-bond acceptors (Lipinski definition) is 2. The second-order valence-electron chi connectivity index (χ2n) is 4.51. The summed E-state index contributed by atoms with van der Waals surface area (Å²) in [5.74, 6) is 0.625. The van der Waals surface area contributed by atoms with Crippen LogP contribution in [0.5, 0.6) is 0 Å². The molecule has 0 bridgehead atoms. The maximum atomic E-state index is 6.30. The summed E-state index contributed by atoms with van der Waals surface area (Å²) >= 11 is 12.2. The van der Waals surface area contributed by atoms with Crippen LogP contribution in [0.15, 0.2) is 42.5 Å². The Balaban J connectivity index is 2.25. The highest BCUT2D eigenvalue weighted by atomic mass is 35.5. The number of halogens is 2. The summed E-state index contributed by atoms with van der Waals surface area (Å²) in [5.41, 5.74) is 2.99. The molecular formula is C16H12Cl2N2. The van der Waals surface area contributed by atoms with E-state index in [0.29, 0.717) is 16.0 Å². The number of fused-ring (bicyclic) bond motifs is 1. The molecule has 2 nitrogen and oxygen atoms in total. The minimum atomic E-state index is 0.482. The molecule has 4 heteroatoms. The summed E-state index contributed by atoms with van der Waals surface area (Å²) in [5, 5.41) is 2.06. The highest BCUT2D eigenvalue weighted by molar-refractivity contribution is 6.34. The Bertz CT molecular complexity index is 767. The molecule has 0 aliphatic carbocycles. The first-order chi connectivity index (χ1) is 9.69. The van der Waals surface area contributed by atoms with E-state index in [1.165, 1.54) is 5.56 Å². The number of rotatable bonds is 2. The Labute approximate surface area is 127 Å². The minimum Gasteiger partial charge on any atom is -0.228 e. The zero-order valence-corrected chi connectivity index (χ0v) is 12.4. The molecule has 0 saturated carbocycles. The number of aryl methyl sites for hydroxylation is 1. The van der Waals surface area contributed by atoms with Gasteiger partial charge in [-0.3, -0.25) is 0 Å². The lowest BCUT2D eigenvalue weighted by Crippen LogP contribution is -1.95. The number of hydrogen-bond donors (Lipinski definition) is 0. The van der Waals surface area contributed by atoms with Crippen molar-refractivity contribution in [2.75, 3.05) is 0 Å². The van der Waals surface area contributed by atoms with Crippen LogP contribution in [0.4, 0.5) is 0 Å². The lowest BCUT2D eigenvalue weighted by atomic mass is 10.1. The van der Waals surface area contributed by atoms with Gasteiger partial charge >= 0.3 is 0 Å². The second kappa shape index (κ2) is 5.39. The summed E-state index contributed by atoms with van der Waals surface area (Å²) in [7, 11) is 0. The first-order valence-electron chi connectivity index (χ1n) is 6.40. The van der Waals surface area contributed by atoms with E-state index in [1.807, 2.05) is 36.4 Å². The SMILES string of the molecule is CCc1cccc2c(Cl)nc(-c3ccc(Cl)cc3)nc12. The molecule has 1 heterocycles. The molecule has 3 aromatic rings. The smallest absolute Gasteiger partial charge is 0.161 e. The molecule has 0 N–H and O–H groups in total. The van der Waals surface area contributed by atoms with Crippen LogP contribution in [-0.2, 0) is 6.42 Å². The van der Waals surface area contributed by atoms with Crippen molar-refractivity contribution in [2.45, 2.75) is 13.3 Å². The van der Waals surface area contributed by atoms with Crippen molar-refractivity contribution < 1.29 is 0 Å². The predicted molar refractivity (Wildman–Crippen MR) is 84.4 cm³/mol. The summed E-state index contributed by atoms with van der Waals surface area (Å²) in [6, 6.07) is 13.4. The maximum absolute atomic E-state index is 6.30. The quantitative estimate of drug-likeness (QED) is 0.611. The summed E-state index contributed by atoms with van der Waals surface area (Å²) in [4.78, 5) is 9.06. The average molecular weight is 303 g/mol. The summed E-state index contributed by atoms with van der Waals surface area (Å²) < 4.78 is 0. The molecule has 0 aliphatic heterocycles. The van der Waals surface area contributed by atoms with E-state index in [4.69, 9.17) is 23.2 Å². The Morgan fingerprint density at radius 1 is 0.950 bits per heavy atom. The second-order valence-corrected chi connectivity index (χ2v) is 5.31. The molecule has 2 aromatic carbocycles. The normalized spacial score (nSPS) is 10.9. The van der Waals surface area contributed by atoms with E-state index in [9.17, 15) is 0 Å². The average Bonchev–Trinajstić information content (AvgIpc) is 2.47. The van der Waals surface area contributed by atoms with Crippen molar-refractivity contribution in [3.05, 3.63) is 58.2 Å². The molecule has 0 amide bonds. The molecule has 0 saturated heterocycles. The van der Waals surface area contributed by atoms with Crippen LogP contribution in [-0.4, -0.2) is 9.97 Å². The van der Waals surface area contributed by atoms with Crippen LogP contribution in [0.2, 0.25) is 10.2 Å². The molecule has 1 aromatic heterocycles. The van der Waals surface area contributed by atoms with Gasteiger partial charge in [-0.05, 0) is 42.3 Å². The molecule has 0 spiro atoms. The van der Waals surface area contributed by atoms with Crippen molar-refractivity contribution in [3.63, 3.8) is 0 Å². The van der Waals surface area contributed by atoms with E-state index in [2.05, 4.69) is 23.0 Å². The number of benzene rings is 2. The molecule has 0 aliphatic rings. The predicted octanol–water partition coefficient (Wildman–Crippen LogP) is 5.17. The molecule has 0 unspecified atom stereocenters. The maximum Gasteiger partial charge on any atom is 0.161 e. The van der Waals surface area contributed by atoms with Gasteiger partial charge in [0.2, 0.25) is 0 Å². The van der Waals surface area contributed by atoms with Crippen LogP contribution in [0.3, 0.4) is 0 Å². The Hall–Kier alpha value is -1.64. The fourth-order valence-corrected chi connectivity index (χ4v) is 2.55. The van der Waals surface area contributed by atoms with E-state index >= 15 is 0 Å². The Morgan fingerprint density at radius 3 is 2.40 bits per heavy atom. The van der Waals surface area contributed by atoms with Gasteiger partial charge in [-0.2, -0.15) is 0 Å². The van der Waals surface area contributed by atoms with E-state index in [1.54, 1.807) is 0 Å². The summed E-state index contributed by atoms with van der Waals surface area (Å²) in [6.07, 6.45) is 0.907. The fraction of sp³-hybridized carbons (Fsp3) is 0.125. The molecule has 0 atom stereocenters. The molecule has 3 rings (SSSR count). The van der Waals surface area contributed by atoms with Crippen LogP contribution < -0.4 is 0 Å². The molecule has 20 heavy (non-hydrogen) atoms. The summed E-state index contributed by atoms with van der Waals surface area (Å²) in [6.45, 7) is 2.10. The first-order valence-corrected chi connectivity index (χ1v) is 7.15. The Morgan fingerprint density at radius 2 is 1.70 bits per heavy atom. The number of para-hydroxylation sites is 1. The van der Waals surface area contributed by atoms with Crippen molar-refractivity contribution >= 4 is 34.1 Å². The van der Waals surface area contributed by atoms with E-state index < -0.39 is 0 Å². The topological polar surface area (TPSA) is 25.8 Å². The van der Waals surface area contributed by atoms with Gasteiger partial charge in [-0.1, -0.05) is 42.3 Å². The number of aromatic nitrogens is 2. The van der Waals surface area contributed by atoms with Crippen molar-refractivity contribution in [3.8, 4) is 11.4 Å². The number of nitrogens with zero attached hydrogens (tertiary/aromatic N) is 2. The van der Waals surface area contributed by atoms with Gasteiger partial charge in [0.05, 0.1) is 5.52 Å². The van der Waals surface area contributed by atoms with Gasteiger partial charge in [-0.15, -0.1) is 0 Å². The third kappa shape index (κ3) is 2.37. The fourth-order valence-electron chi connectivity index (χ4n) is 2.19. The van der Waals surface area contributed by atoms with Crippen LogP contribution in [0.1, 0.15) is 12.5 Å². The molecule has 100 valence electrons. The standard InChI is InChI=1S/C16H12Cl2N2/c1-2-10-4-3-5-13-14(10)19-16(20-15(13)18)11-6-8-12(17)9-7-11/h3-9H,2H2,1H3. The first kappa shape index (κ1) is 13.3. The third-order valence-electron chi connectivity index (χ3n) is 3.25. The molecular weight excluding hydrogens is 291 g/mol. The van der Waals surface area contributed by atoms with Crippen molar-refractivity contribution in [1.29, 1.82) is 0 Å². The largest absolute Gasteiger partial charge is 0.228 e. The third-order valence-corrected chi connectivity index (χ3v) is 3.79. The zero-order valence-electron chi connectivity index (χ0n) is 10.9. The van der Waals surface area contributed by atoms with Crippen LogP contribution in [0, 0.1) is 0 Å². The monoisotopic (exact) mass is 302 g/mol. The Kier molecular flexibility index (Phi) is 3.60. The van der Waals surface area contributed by atoms with Crippen molar-refractivity contribution in [2.24, 2.45) is 0 Å². The molecule has 0 radical (unpaired) electrons. The van der Waals surface area contributed by atoms with Crippen LogP contribution in [0.25, 0.3) is 22.3 Å². The van der Waals surface area contributed by atoms with Gasteiger partial charge in [0.1, 0.15) is 5.15 Å². The lowest BCUT2D eigenvalue weighted by molar-refractivity contribution is 1.13. The van der Waals surface area contributed by atoms with Crippen LogP contribution >= 0.6 is 23.2 Å². The highest BCUT2D eigenvalue weighted by Crippen LogP contribution is 2.27. The van der Waals surface area contributed by atoms with E-state index in [-0.39, 0.29) is 0 Å². The molecule has 0 fully saturated rings. The van der Waals surface area contributed by atoms with Crippen molar-refractivity contribution in [1.82, 2.24) is 9.97 Å². The minimum absolute atomic E-state index is 0.482.